The van der Waals surface area contributed by atoms with E-state index in [2.05, 4.69) is 30.3 Å². The molecule has 1 aliphatic heterocycles. The Hall–Kier alpha value is -4.61. The molecule has 14 heteroatoms. The van der Waals surface area contributed by atoms with Crippen LogP contribution >= 0.6 is 0 Å². The summed E-state index contributed by atoms with van der Waals surface area (Å²) in [6.07, 6.45) is 4.03. The highest BCUT2D eigenvalue weighted by Crippen LogP contribution is 2.35. The Balaban J connectivity index is 0.000000530. The molecule has 3 heterocycles. The highest BCUT2D eigenvalue weighted by Gasteiger charge is 2.23. The van der Waals surface area contributed by atoms with Crippen LogP contribution in [0.15, 0.2) is 60.9 Å². The van der Waals surface area contributed by atoms with Crippen molar-refractivity contribution in [1.29, 1.82) is 5.26 Å². The minimum Gasteiger partial charge on any atom is -0.435 e. The van der Waals surface area contributed by atoms with E-state index < -0.39 is 46.0 Å². The Morgan fingerprint density at radius 1 is 1.12 bits per heavy atom. The summed E-state index contributed by atoms with van der Waals surface area (Å²) >= 11 is 0. The Morgan fingerprint density at radius 2 is 1.93 bits per heavy atom. The van der Waals surface area contributed by atoms with Crippen molar-refractivity contribution in [3.63, 3.8) is 0 Å². The van der Waals surface area contributed by atoms with Crippen molar-refractivity contribution in [2.45, 2.75) is 24.8 Å². The van der Waals surface area contributed by atoms with Crippen LogP contribution in [0, 0.1) is 28.8 Å². The molecule has 3 N–H and O–H groups in total. The zero-order chi connectivity index (χ0) is 30.8. The van der Waals surface area contributed by atoms with Gasteiger partial charge in [0.15, 0.2) is 17.4 Å². The molecule has 9 nitrogen and oxygen atoms in total. The van der Waals surface area contributed by atoms with Crippen molar-refractivity contribution in [2.24, 2.45) is 0 Å². The van der Waals surface area contributed by atoms with Crippen molar-refractivity contribution in [3.8, 4) is 29.0 Å². The van der Waals surface area contributed by atoms with E-state index in [1.165, 1.54) is 18.5 Å². The number of aromatic nitrogens is 3. The molecule has 2 aromatic carbocycles. The van der Waals surface area contributed by atoms with Crippen LogP contribution in [-0.2, 0) is 16.7 Å². The standard InChI is InChI=1S/C24H17F3N6O2S.C5H10FN/c1-29-24-31-10-8-18(32-24)16-7-4-9-30-23(16)35-19-11-17(25)22(21(27)20(19)26)33-36(34)13-15-6-3-2-5-14(15)12-28;6-5-2-1-3-7-4-5/h2-11,33H,13H2,1H3,(H,29,31,32);5,7H,1-4H2. The van der Waals surface area contributed by atoms with Crippen LogP contribution in [0.2, 0.25) is 0 Å². The maximum atomic E-state index is 14.9. The molecule has 43 heavy (non-hydrogen) atoms. The van der Waals surface area contributed by atoms with Crippen molar-refractivity contribution in [2.75, 3.05) is 30.2 Å². The van der Waals surface area contributed by atoms with Gasteiger partial charge in [-0.15, -0.1) is 0 Å². The molecule has 0 spiro atoms. The number of rotatable bonds is 8. The van der Waals surface area contributed by atoms with Crippen LogP contribution in [0.25, 0.3) is 11.3 Å². The summed E-state index contributed by atoms with van der Waals surface area (Å²) in [5.41, 5.74) is 0.450. The molecular weight excluding hydrogens is 586 g/mol. The molecule has 1 fully saturated rings. The van der Waals surface area contributed by atoms with Crippen LogP contribution in [-0.4, -0.2) is 45.5 Å². The summed E-state index contributed by atoms with van der Waals surface area (Å²) in [5, 5.41) is 14.9. The first-order valence-electron chi connectivity index (χ1n) is 13.1. The molecule has 0 amide bonds. The van der Waals surface area contributed by atoms with Gasteiger partial charge in [-0.25, -0.2) is 32.3 Å². The first-order valence-corrected chi connectivity index (χ1v) is 14.4. The van der Waals surface area contributed by atoms with Gasteiger partial charge < -0.3 is 15.4 Å². The number of nitrogens with one attached hydrogen (secondary N) is 3. The molecule has 2 unspecified atom stereocenters. The lowest BCUT2D eigenvalue weighted by Gasteiger charge is -2.14. The van der Waals surface area contributed by atoms with Crippen LogP contribution in [0.5, 0.6) is 11.6 Å². The second kappa shape index (κ2) is 15.0. The number of alkyl halides is 1. The van der Waals surface area contributed by atoms with Gasteiger partial charge in [-0.3, -0.25) is 4.72 Å². The molecule has 1 aliphatic rings. The van der Waals surface area contributed by atoms with E-state index in [4.69, 9.17) is 10.00 Å². The maximum Gasteiger partial charge on any atom is 0.228 e. The molecule has 0 bridgehead atoms. The number of benzene rings is 2. The number of hydrogen-bond donors (Lipinski definition) is 3. The van der Waals surface area contributed by atoms with E-state index in [9.17, 15) is 21.8 Å². The fourth-order valence-corrected chi connectivity index (χ4v) is 5.02. The Morgan fingerprint density at radius 3 is 2.63 bits per heavy atom. The number of hydrogen-bond acceptors (Lipinski definition) is 8. The molecule has 0 aliphatic carbocycles. The monoisotopic (exact) mass is 613 g/mol. The highest BCUT2D eigenvalue weighted by atomic mass is 32.2. The molecule has 2 aromatic heterocycles. The number of pyridine rings is 1. The number of ether oxygens (including phenoxy) is 1. The highest BCUT2D eigenvalue weighted by molar-refractivity contribution is 7.85. The molecule has 0 radical (unpaired) electrons. The SMILES string of the molecule is CNc1nccc(-c2cccnc2Oc2cc(F)c(NS(=O)Cc3ccccc3C#N)c(F)c2F)n1.FC1CCCNC1. The van der Waals surface area contributed by atoms with E-state index >= 15 is 0 Å². The number of halogens is 4. The smallest absolute Gasteiger partial charge is 0.228 e. The molecule has 5 rings (SSSR count). The Kier molecular flexibility index (Phi) is 11.0. The van der Waals surface area contributed by atoms with Crippen molar-refractivity contribution in [1.82, 2.24) is 20.3 Å². The molecule has 2 atom stereocenters. The molecular formula is C29H27F4N7O2S. The predicted octanol–water partition coefficient (Wildman–Crippen LogP) is 5.65. The zero-order valence-corrected chi connectivity index (χ0v) is 23.7. The summed E-state index contributed by atoms with van der Waals surface area (Å²) in [6, 6.07) is 13.7. The van der Waals surface area contributed by atoms with Crippen molar-refractivity contribution in [3.05, 3.63) is 89.5 Å². The lowest BCUT2D eigenvalue weighted by molar-refractivity contribution is 0.266. The lowest BCUT2D eigenvalue weighted by atomic mass is 10.1. The predicted molar refractivity (Wildman–Crippen MR) is 155 cm³/mol. The second-order valence-electron chi connectivity index (χ2n) is 9.14. The Bertz CT molecular complexity index is 1630. The van der Waals surface area contributed by atoms with Gasteiger partial charge in [-0.2, -0.15) is 9.65 Å². The van der Waals surface area contributed by atoms with E-state index in [0.717, 1.165) is 19.4 Å². The maximum absolute atomic E-state index is 14.9. The van der Waals surface area contributed by atoms with Gasteiger partial charge in [-0.1, -0.05) is 18.2 Å². The number of nitrogens with zero attached hydrogens (tertiary/aromatic N) is 4. The quantitative estimate of drug-likeness (QED) is 0.172. The summed E-state index contributed by atoms with van der Waals surface area (Å²) in [7, 11) is -0.430. The third-order valence-corrected chi connectivity index (χ3v) is 7.14. The van der Waals surface area contributed by atoms with Gasteiger partial charge in [0.2, 0.25) is 17.6 Å². The minimum absolute atomic E-state index is 0.145. The van der Waals surface area contributed by atoms with Crippen LogP contribution in [0.4, 0.5) is 29.2 Å². The third-order valence-electron chi connectivity index (χ3n) is 6.14. The lowest BCUT2D eigenvalue weighted by Crippen LogP contribution is -2.30. The fraction of sp³-hybridized carbons (Fsp3) is 0.241. The first kappa shape index (κ1) is 31.3. The third kappa shape index (κ3) is 8.24. The topological polar surface area (TPSA) is 125 Å². The average molecular weight is 614 g/mol. The fourth-order valence-electron chi connectivity index (χ4n) is 4.00. The summed E-state index contributed by atoms with van der Waals surface area (Å²) in [5.74, 6) is -5.19. The Labute approximate surface area is 248 Å². The van der Waals surface area contributed by atoms with E-state index in [0.29, 0.717) is 35.4 Å². The van der Waals surface area contributed by atoms with Gasteiger partial charge >= 0.3 is 0 Å². The summed E-state index contributed by atoms with van der Waals surface area (Å²) < 4.78 is 76.6. The summed E-state index contributed by atoms with van der Waals surface area (Å²) in [4.78, 5) is 12.3. The zero-order valence-electron chi connectivity index (χ0n) is 22.9. The van der Waals surface area contributed by atoms with Crippen molar-refractivity contribution < 1.29 is 26.5 Å². The molecule has 0 saturated carbocycles. The van der Waals surface area contributed by atoms with Gasteiger partial charge in [-0.05, 0) is 49.2 Å². The van der Waals surface area contributed by atoms with Gasteiger partial charge in [0, 0.05) is 32.1 Å². The largest absolute Gasteiger partial charge is 0.435 e. The van der Waals surface area contributed by atoms with Crippen LogP contribution < -0.4 is 20.1 Å². The first-order chi connectivity index (χ1) is 20.8. The van der Waals surface area contributed by atoms with Crippen LogP contribution in [0.3, 0.4) is 0 Å². The van der Waals surface area contributed by atoms with Crippen LogP contribution in [0.1, 0.15) is 24.0 Å². The second-order valence-corrected chi connectivity index (χ2v) is 10.3. The average Bonchev–Trinajstić information content (AvgIpc) is 3.03. The molecule has 224 valence electrons. The number of anilines is 2. The van der Waals surface area contributed by atoms with Gasteiger partial charge in [0.25, 0.3) is 0 Å². The number of nitriles is 1. The van der Waals surface area contributed by atoms with Gasteiger partial charge in [0.05, 0.1) is 28.6 Å². The van der Waals surface area contributed by atoms with Crippen molar-refractivity contribution >= 4 is 22.6 Å². The van der Waals surface area contributed by atoms with E-state index in [-0.39, 0.29) is 17.2 Å². The molecule has 1 saturated heterocycles. The van der Waals surface area contributed by atoms with E-state index in [1.54, 1.807) is 43.4 Å². The molecule has 4 aromatic rings. The summed E-state index contributed by atoms with van der Waals surface area (Å²) in [6.45, 7) is 1.57. The number of piperidine rings is 1. The normalized spacial score (nSPS) is 14.9. The van der Waals surface area contributed by atoms with E-state index in [1.807, 2.05) is 6.07 Å². The minimum atomic E-state index is -2.06. The van der Waals surface area contributed by atoms with Gasteiger partial charge in [0.1, 0.15) is 22.8 Å².